The molecule has 1 saturated carbocycles. The number of amides is 1. The Morgan fingerprint density at radius 3 is 2.85 bits per heavy atom. The van der Waals surface area contributed by atoms with Crippen LogP contribution in [0.15, 0.2) is 42.6 Å². The molecule has 1 aromatic carbocycles. The van der Waals surface area contributed by atoms with E-state index in [4.69, 9.17) is 4.74 Å². The Morgan fingerprint density at radius 1 is 1.27 bits per heavy atom. The van der Waals surface area contributed by atoms with Crippen LogP contribution >= 0.6 is 0 Å². The highest BCUT2D eigenvalue weighted by atomic mass is 16.5. The number of aliphatic hydroxyl groups excluding tert-OH is 1. The van der Waals surface area contributed by atoms with Crippen LogP contribution in [0.3, 0.4) is 0 Å². The zero-order chi connectivity index (χ0) is 18.1. The second kappa shape index (κ2) is 7.17. The molecule has 0 unspecified atom stereocenters. The SMILES string of the molecule is Cc1nccc(-c2ccccc2)c1C(=O)N1CCO[C@H]2C[C@H](CO)C[C@@H]21. The van der Waals surface area contributed by atoms with Crippen molar-refractivity contribution in [3.63, 3.8) is 0 Å². The number of ether oxygens (including phenoxy) is 1. The average molecular weight is 352 g/mol. The van der Waals surface area contributed by atoms with Crippen LogP contribution in [0.25, 0.3) is 11.1 Å². The topological polar surface area (TPSA) is 62.7 Å². The van der Waals surface area contributed by atoms with Gasteiger partial charge in [-0.05, 0) is 42.9 Å². The van der Waals surface area contributed by atoms with Gasteiger partial charge in [0.1, 0.15) is 0 Å². The number of rotatable bonds is 3. The molecule has 2 aliphatic rings. The lowest BCUT2D eigenvalue weighted by Crippen LogP contribution is -2.51. The van der Waals surface area contributed by atoms with E-state index in [1.807, 2.05) is 48.2 Å². The van der Waals surface area contributed by atoms with Crippen molar-refractivity contribution in [2.45, 2.75) is 31.9 Å². The molecule has 1 saturated heterocycles. The van der Waals surface area contributed by atoms with Crippen molar-refractivity contribution in [1.29, 1.82) is 0 Å². The van der Waals surface area contributed by atoms with Crippen LogP contribution in [-0.4, -0.2) is 52.8 Å². The van der Waals surface area contributed by atoms with E-state index in [9.17, 15) is 9.90 Å². The number of hydrogen-bond acceptors (Lipinski definition) is 4. The summed E-state index contributed by atoms with van der Waals surface area (Å²) >= 11 is 0. The largest absolute Gasteiger partial charge is 0.396 e. The van der Waals surface area contributed by atoms with Crippen LogP contribution in [0.1, 0.15) is 28.9 Å². The van der Waals surface area contributed by atoms with Crippen LogP contribution in [0.4, 0.5) is 0 Å². The van der Waals surface area contributed by atoms with Crippen LogP contribution in [-0.2, 0) is 4.74 Å². The Kier molecular flexibility index (Phi) is 4.74. The normalized spacial score (nSPS) is 25.2. The first-order valence-electron chi connectivity index (χ1n) is 9.23. The van der Waals surface area contributed by atoms with Gasteiger partial charge in [-0.3, -0.25) is 9.78 Å². The number of pyridine rings is 1. The average Bonchev–Trinajstić information content (AvgIpc) is 3.11. The second-order valence-electron chi connectivity index (χ2n) is 7.18. The van der Waals surface area contributed by atoms with E-state index in [1.54, 1.807) is 6.20 Å². The summed E-state index contributed by atoms with van der Waals surface area (Å²) in [5.74, 6) is 0.230. The number of fused-ring (bicyclic) bond motifs is 1. The fourth-order valence-corrected chi connectivity index (χ4v) is 4.29. The van der Waals surface area contributed by atoms with E-state index in [1.165, 1.54) is 0 Å². The van der Waals surface area contributed by atoms with Crippen LogP contribution < -0.4 is 0 Å². The van der Waals surface area contributed by atoms with E-state index < -0.39 is 0 Å². The minimum Gasteiger partial charge on any atom is -0.396 e. The molecule has 1 aliphatic heterocycles. The molecule has 5 nitrogen and oxygen atoms in total. The highest BCUT2D eigenvalue weighted by Crippen LogP contribution is 2.36. The highest BCUT2D eigenvalue weighted by molar-refractivity contribution is 6.02. The lowest BCUT2D eigenvalue weighted by molar-refractivity contribution is -0.0449. The van der Waals surface area contributed by atoms with Gasteiger partial charge < -0.3 is 14.7 Å². The summed E-state index contributed by atoms with van der Waals surface area (Å²) in [6.45, 7) is 3.17. The van der Waals surface area contributed by atoms with Gasteiger partial charge in [0.15, 0.2) is 0 Å². The number of carbonyl (C=O) groups is 1. The first-order valence-corrected chi connectivity index (χ1v) is 9.23. The van der Waals surface area contributed by atoms with Crippen molar-refractivity contribution in [2.24, 2.45) is 5.92 Å². The molecule has 0 bridgehead atoms. The predicted molar refractivity (Wildman–Crippen MR) is 98.8 cm³/mol. The van der Waals surface area contributed by atoms with E-state index in [2.05, 4.69) is 4.98 Å². The Balaban J connectivity index is 1.70. The zero-order valence-corrected chi connectivity index (χ0v) is 15.0. The summed E-state index contributed by atoms with van der Waals surface area (Å²) in [5, 5.41) is 9.52. The Morgan fingerprint density at radius 2 is 2.08 bits per heavy atom. The molecule has 3 atom stereocenters. The van der Waals surface area contributed by atoms with Crippen molar-refractivity contribution >= 4 is 5.91 Å². The third kappa shape index (κ3) is 3.02. The van der Waals surface area contributed by atoms with Crippen molar-refractivity contribution in [1.82, 2.24) is 9.88 Å². The fourth-order valence-electron chi connectivity index (χ4n) is 4.29. The molecule has 5 heteroatoms. The van der Waals surface area contributed by atoms with E-state index in [0.29, 0.717) is 18.7 Å². The number of nitrogens with zero attached hydrogens (tertiary/aromatic N) is 2. The molecule has 1 aliphatic carbocycles. The van der Waals surface area contributed by atoms with Crippen LogP contribution in [0.2, 0.25) is 0 Å². The maximum absolute atomic E-state index is 13.5. The first kappa shape index (κ1) is 17.2. The third-order valence-corrected chi connectivity index (χ3v) is 5.59. The molecular weight excluding hydrogens is 328 g/mol. The Hall–Kier alpha value is -2.24. The second-order valence-corrected chi connectivity index (χ2v) is 7.18. The molecule has 2 heterocycles. The van der Waals surface area contributed by atoms with Gasteiger partial charge in [0.2, 0.25) is 0 Å². The van der Waals surface area contributed by atoms with Crippen molar-refractivity contribution in [3.05, 3.63) is 53.9 Å². The van der Waals surface area contributed by atoms with Gasteiger partial charge >= 0.3 is 0 Å². The summed E-state index contributed by atoms with van der Waals surface area (Å²) in [5.41, 5.74) is 3.36. The number of aryl methyl sites for hydroxylation is 1. The van der Waals surface area contributed by atoms with Gasteiger partial charge in [0, 0.05) is 19.3 Å². The lowest BCUT2D eigenvalue weighted by atomic mass is 9.97. The number of carbonyl (C=O) groups excluding carboxylic acids is 1. The Bertz CT molecular complexity index is 793. The molecule has 0 radical (unpaired) electrons. The maximum atomic E-state index is 13.5. The summed E-state index contributed by atoms with van der Waals surface area (Å²) in [6, 6.07) is 11.9. The minimum absolute atomic E-state index is 0.0198. The van der Waals surface area contributed by atoms with Gasteiger partial charge in [-0.2, -0.15) is 0 Å². The predicted octanol–water partition coefficient (Wildman–Crippen LogP) is 2.67. The van der Waals surface area contributed by atoms with Crippen molar-refractivity contribution in [3.8, 4) is 11.1 Å². The molecule has 0 spiro atoms. The summed E-state index contributed by atoms with van der Waals surface area (Å²) in [6.07, 6.45) is 3.41. The van der Waals surface area contributed by atoms with E-state index in [0.717, 1.165) is 29.7 Å². The summed E-state index contributed by atoms with van der Waals surface area (Å²) in [7, 11) is 0. The smallest absolute Gasteiger partial charge is 0.256 e. The molecule has 136 valence electrons. The minimum atomic E-state index is 0.0198. The van der Waals surface area contributed by atoms with Gasteiger partial charge in [0.25, 0.3) is 5.91 Å². The monoisotopic (exact) mass is 352 g/mol. The van der Waals surface area contributed by atoms with Gasteiger partial charge in [-0.25, -0.2) is 0 Å². The highest BCUT2D eigenvalue weighted by Gasteiger charge is 2.43. The number of aromatic nitrogens is 1. The van der Waals surface area contributed by atoms with E-state index in [-0.39, 0.29) is 30.6 Å². The van der Waals surface area contributed by atoms with Gasteiger partial charge in [0.05, 0.1) is 30.0 Å². The maximum Gasteiger partial charge on any atom is 0.256 e. The molecule has 1 N–H and O–H groups in total. The lowest BCUT2D eigenvalue weighted by Gasteiger charge is -2.38. The fraction of sp³-hybridized carbons (Fsp3) is 0.429. The number of morpholine rings is 1. The molecule has 2 fully saturated rings. The van der Waals surface area contributed by atoms with Gasteiger partial charge in [-0.1, -0.05) is 30.3 Å². The summed E-state index contributed by atoms with van der Waals surface area (Å²) < 4.78 is 5.87. The molecule has 4 rings (SSSR count). The molecule has 1 aromatic heterocycles. The third-order valence-electron chi connectivity index (χ3n) is 5.59. The molecular formula is C21H24N2O3. The Labute approximate surface area is 153 Å². The van der Waals surface area contributed by atoms with Gasteiger partial charge in [-0.15, -0.1) is 0 Å². The quantitative estimate of drug-likeness (QED) is 0.922. The van der Waals surface area contributed by atoms with Crippen LogP contribution in [0, 0.1) is 12.8 Å². The summed E-state index contributed by atoms with van der Waals surface area (Å²) in [4.78, 5) is 19.8. The molecule has 1 amide bonds. The number of hydrogen-bond donors (Lipinski definition) is 1. The first-order chi connectivity index (χ1) is 12.7. The standard InChI is InChI=1S/C21H24N2O3/c1-14-20(17(7-8-22-14)16-5-3-2-4-6-16)21(25)23-9-10-26-19-12-15(13-24)11-18(19)23/h2-8,15,18-19,24H,9-13H2,1H3/t15-,18+,19+/m1/s1. The number of benzene rings is 1. The van der Waals surface area contributed by atoms with Crippen molar-refractivity contribution in [2.75, 3.05) is 19.8 Å². The molecule has 2 aromatic rings. The molecule has 26 heavy (non-hydrogen) atoms. The van der Waals surface area contributed by atoms with Crippen LogP contribution in [0.5, 0.6) is 0 Å². The number of aliphatic hydroxyl groups is 1. The van der Waals surface area contributed by atoms with Crippen molar-refractivity contribution < 1.29 is 14.6 Å². The zero-order valence-electron chi connectivity index (χ0n) is 15.0. The van der Waals surface area contributed by atoms with E-state index >= 15 is 0 Å².